The normalized spacial score (nSPS) is 12.4. The summed E-state index contributed by atoms with van der Waals surface area (Å²) in [7, 11) is 0. The second kappa shape index (κ2) is 4.86. The molecular formula is C13H15NO2. The molecule has 0 aliphatic heterocycles. The standard InChI is InChI=1S/C13H15NO2/c1-10-4-2-5-11(8-10)16-9-12(14)13-6-3-7-15-13/h2-8,12H,9,14H2,1H3. The molecule has 0 aliphatic rings. The Morgan fingerprint density at radius 3 is 2.88 bits per heavy atom. The Balaban J connectivity index is 1.92. The van der Waals surface area contributed by atoms with Crippen LogP contribution in [0, 0.1) is 6.92 Å². The van der Waals surface area contributed by atoms with Crippen LogP contribution in [0.1, 0.15) is 17.4 Å². The zero-order chi connectivity index (χ0) is 11.4. The van der Waals surface area contributed by atoms with Crippen molar-refractivity contribution in [2.45, 2.75) is 13.0 Å². The summed E-state index contributed by atoms with van der Waals surface area (Å²) in [4.78, 5) is 0. The van der Waals surface area contributed by atoms with Crippen molar-refractivity contribution in [1.82, 2.24) is 0 Å². The summed E-state index contributed by atoms with van der Waals surface area (Å²) in [5.74, 6) is 1.58. The molecule has 1 aromatic carbocycles. The fourth-order valence-corrected chi connectivity index (χ4v) is 1.48. The second-order valence-electron chi connectivity index (χ2n) is 3.75. The van der Waals surface area contributed by atoms with Gasteiger partial charge in [-0.15, -0.1) is 0 Å². The molecule has 2 N–H and O–H groups in total. The fourth-order valence-electron chi connectivity index (χ4n) is 1.48. The number of hydrogen-bond acceptors (Lipinski definition) is 3. The highest BCUT2D eigenvalue weighted by Gasteiger charge is 2.09. The summed E-state index contributed by atoms with van der Waals surface area (Å²) >= 11 is 0. The van der Waals surface area contributed by atoms with E-state index in [2.05, 4.69) is 0 Å². The van der Waals surface area contributed by atoms with Crippen LogP contribution in [0.2, 0.25) is 0 Å². The molecule has 1 unspecified atom stereocenters. The number of benzene rings is 1. The molecule has 1 aromatic heterocycles. The largest absolute Gasteiger partial charge is 0.491 e. The summed E-state index contributed by atoms with van der Waals surface area (Å²) in [5.41, 5.74) is 7.08. The molecule has 16 heavy (non-hydrogen) atoms. The Labute approximate surface area is 94.8 Å². The van der Waals surface area contributed by atoms with Crippen LogP contribution >= 0.6 is 0 Å². The molecule has 2 aromatic rings. The lowest BCUT2D eigenvalue weighted by molar-refractivity contribution is 0.273. The molecule has 0 amide bonds. The highest BCUT2D eigenvalue weighted by molar-refractivity contribution is 5.27. The zero-order valence-corrected chi connectivity index (χ0v) is 9.22. The highest BCUT2D eigenvalue weighted by Crippen LogP contribution is 2.16. The molecule has 0 fully saturated rings. The summed E-state index contributed by atoms with van der Waals surface area (Å²) in [6, 6.07) is 11.3. The number of furan rings is 1. The van der Waals surface area contributed by atoms with Gasteiger partial charge in [-0.25, -0.2) is 0 Å². The van der Waals surface area contributed by atoms with Crippen molar-refractivity contribution < 1.29 is 9.15 Å². The van der Waals surface area contributed by atoms with Gasteiger partial charge >= 0.3 is 0 Å². The van der Waals surface area contributed by atoms with E-state index in [1.165, 1.54) is 5.56 Å². The Bertz CT molecular complexity index is 437. The molecule has 0 aliphatic carbocycles. The van der Waals surface area contributed by atoms with E-state index in [0.717, 1.165) is 11.5 Å². The van der Waals surface area contributed by atoms with Crippen LogP contribution < -0.4 is 10.5 Å². The number of ether oxygens (including phenoxy) is 1. The van der Waals surface area contributed by atoms with Crippen molar-refractivity contribution >= 4 is 0 Å². The van der Waals surface area contributed by atoms with Crippen LogP contribution in [-0.4, -0.2) is 6.61 Å². The van der Waals surface area contributed by atoms with E-state index in [4.69, 9.17) is 14.9 Å². The molecule has 1 atom stereocenters. The number of hydrogen-bond donors (Lipinski definition) is 1. The van der Waals surface area contributed by atoms with Gasteiger partial charge in [0, 0.05) is 0 Å². The van der Waals surface area contributed by atoms with Crippen molar-refractivity contribution in [1.29, 1.82) is 0 Å². The van der Waals surface area contributed by atoms with E-state index in [1.807, 2.05) is 43.3 Å². The first-order valence-electron chi connectivity index (χ1n) is 5.24. The Hall–Kier alpha value is -1.74. The third-order valence-corrected chi connectivity index (χ3v) is 2.33. The molecule has 3 heteroatoms. The summed E-state index contributed by atoms with van der Waals surface area (Å²) in [5, 5.41) is 0. The molecule has 84 valence electrons. The minimum absolute atomic E-state index is 0.226. The quantitative estimate of drug-likeness (QED) is 0.856. The van der Waals surface area contributed by atoms with Crippen molar-refractivity contribution in [3.63, 3.8) is 0 Å². The molecule has 0 saturated heterocycles. The van der Waals surface area contributed by atoms with E-state index in [1.54, 1.807) is 6.26 Å². The Morgan fingerprint density at radius 2 is 2.19 bits per heavy atom. The van der Waals surface area contributed by atoms with Gasteiger partial charge in [0.05, 0.1) is 12.3 Å². The van der Waals surface area contributed by atoms with E-state index < -0.39 is 0 Å². The molecule has 0 saturated carbocycles. The molecule has 0 radical (unpaired) electrons. The highest BCUT2D eigenvalue weighted by atomic mass is 16.5. The number of rotatable bonds is 4. The van der Waals surface area contributed by atoms with Gasteiger partial charge in [0.15, 0.2) is 0 Å². The molecule has 3 nitrogen and oxygen atoms in total. The SMILES string of the molecule is Cc1cccc(OCC(N)c2ccco2)c1. The lowest BCUT2D eigenvalue weighted by atomic mass is 10.2. The van der Waals surface area contributed by atoms with Crippen LogP contribution in [0.25, 0.3) is 0 Å². The maximum Gasteiger partial charge on any atom is 0.123 e. The zero-order valence-electron chi connectivity index (χ0n) is 9.22. The molecule has 0 spiro atoms. The van der Waals surface area contributed by atoms with Crippen molar-refractivity contribution in [3.8, 4) is 5.75 Å². The fraction of sp³-hybridized carbons (Fsp3) is 0.231. The minimum Gasteiger partial charge on any atom is -0.491 e. The predicted octanol–water partition coefficient (Wildman–Crippen LogP) is 2.67. The molecular weight excluding hydrogens is 202 g/mol. The van der Waals surface area contributed by atoms with E-state index >= 15 is 0 Å². The van der Waals surface area contributed by atoms with Crippen LogP contribution in [0.5, 0.6) is 5.75 Å². The van der Waals surface area contributed by atoms with Gasteiger partial charge in [-0.2, -0.15) is 0 Å². The molecule has 2 rings (SSSR count). The lowest BCUT2D eigenvalue weighted by Crippen LogP contribution is -2.18. The van der Waals surface area contributed by atoms with E-state index in [-0.39, 0.29) is 6.04 Å². The van der Waals surface area contributed by atoms with Crippen molar-refractivity contribution in [2.24, 2.45) is 5.73 Å². The van der Waals surface area contributed by atoms with Crippen LogP contribution in [0.3, 0.4) is 0 Å². The Morgan fingerprint density at radius 1 is 1.31 bits per heavy atom. The molecule has 1 heterocycles. The second-order valence-corrected chi connectivity index (χ2v) is 3.75. The Kier molecular flexibility index (Phi) is 3.27. The maximum absolute atomic E-state index is 5.91. The van der Waals surface area contributed by atoms with Crippen LogP contribution in [-0.2, 0) is 0 Å². The average Bonchev–Trinajstić information content (AvgIpc) is 2.79. The summed E-state index contributed by atoms with van der Waals surface area (Å²) in [6.45, 7) is 2.44. The van der Waals surface area contributed by atoms with Crippen LogP contribution in [0.15, 0.2) is 47.1 Å². The minimum atomic E-state index is -0.226. The number of nitrogens with two attached hydrogens (primary N) is 1. The first kappa shape index (κ1) is 10.8. The topological polar surface area (TPSA) is 48.4 Å². The maximum atomic E-state index is 5.91. The lowest BCUT2D eigenvalue weighted by Gasteiger charge is -2.11. The average molecular weight is 217 g/mol. The van der Waals surface area contributed by atoms with Crippen molar-refractivity contribution in [3.05, 3.63) is 54.0 Å². The van der Waals surface area contributed by atoms with Gasteiger partial charge in [-0.1, -0.05) is 12.1 Å². The third kappa shape index (κ3) is 2.64. The van der Waals surface area contributed by atoms with Gasteiger partial charge in [-0.05, 0) is 36.8 Å². The van der Waals surface area contributed by atoms with Gasteiger partial charge in [0.2, 0.25) is 0 Å². The van der Waals surface area contributed by atoms with Gasteiger partial charge < -0.3 is 14.9 Å². The van der Waals surface area contributed by atoms with Crippen LogP contribution in [0.4, 0.5) is 0 Å². The van der Waals surface area contributed by atoms with Gasteiger partial charge in [0.1, 0.15) is 18.1 Å². The first-order valence-corrected chi connectivity index (χ1v) is 5.24. The molecule has 0 bridgehead atoms. The first-order chi connectivity index (χ1) is 7.75. The predicted molar refractivity (Wildman–Crippen MR) is 62.3 cm³/mol. The van der Waals surface area contributed by atoms with Gasteiger partial charge in [-0.3, -0.25) is 0 Å². The van der Waals surface area contributed by atoms with E-state index in [9.17, 15) is 0 Å². The summed E-state index contributed by atoms with van der Waals surface area (Å²) in [6.07, 6.45) is 1.61. The van der Waals surface area contributed by atoms with Gasteiger partial charge in [0.25, 0.3) is 0 Å². The monoisotopic (exact) mass is 217 g/mol. The number of aryl methyl sites for hydroxylation is 1. The summed E-state index contributed by atoms with van der Waals surface area (Å²) < 4.78 is 10.8. The van der Waals surface area contributed by atoms with Crippen molar-refractivity contribution in [2.75, 3.05) is 6.61 Å². The van der Waals surface area contributed by atoms with E-state index in [0.29, 0.717) is 6.61 Å². The smallest absolute Gasteiger partial charge is 0.123 e. The third-order valence-electron chi connectivity index (χ3n) is 2.33.